The van der Waals surface area contributed by atoms with E-state index in [2.05, 4.69) is 10.6 Å². The lowest BCUT2D eigenvalue weighted by Crippen LogP contribution is -2.34. The molecule has 2 aromatic rings. The van der Waals surface area contributed by atoms with Crippen LogP contribution in [-0.2, 0) is 16.1 Å². The van der Waals surface area contributed by atoms with Crippen LogP contribution in [0.3, 0.4) is 0 Å². The third kappa shape index (κ3) is 4.79. The van der Waals surface area contributed by atoms with Gasteiger partial charge in [-0.15, -0.1) is 0 Å². The van der Waals surface area contributed by atoms with Crippen molar-refractivity contribution in [2.24, 2.45) is 0 Å². The van der Waals surface area contributed by atoms with E-state index in [9.17, 15) is 19.7 Å². The standard InChI is InChI=1S/C15H12ClN3O4/c16-11-6-4-10(5-7-11)9-17-14(20)15(21)18-12-2-1-3-13(8-12)19(22)23/h1-8H,9H2,(H,17,20)(H,18,21). The smallest absolute Gasteiger partial charge is 0.313 e. The fourth-order valence-corrected chi connectivity index (χ4v) is 1.88. The van der Waals surface area contributed by atoms with E-state index in [4.69, 9.17) is 11.6 Å². The molecule has 23 heavy (non-hydrogen) atoms. The summed E-state index contributed by atoms with van der Waals surface area (Å²) in [5.41, 5.74) is 0.779. The van der Waals surface area contributed by atoms with Gasteiger partial charge in [0.1, 0.15) is 0 Å². The Balaban J connectivity index is 1.92. The fraction of sp³-hybridized carbons (Fsp3) is 0.0667. The topological polar surface area (TPSA) is 101 Å². The number of carbonyl (C=O) groups excluding carboxylic acids is 2. The number of carbonyl (C=O) groups is 2. The first-order chi connectivity index (χ1) is 11.0. The van der Waals surface area contributed by atoms with Crippen LogP contribution in [0.25, 0.3) is 0 Å². The minimum atomic E-state index is -0.903. The molecule has 0 aliphatic carbocycles. The van der Waals surface area contributed by atoms with Crippen LogP contribution < -0.4 is 10.6 Å². The van der Waals surface area contributed by atoms with Crippen LogP contribution in [-0.4, -0.2) is 16.7 Å². The number of halogens is 1. The van der Waals surface area contributed by atoms with E-state index in [1.165, 1.54) is 24.3 Å². The first-order valence-electron chi connectivity index (χ1n) is 6.54. The van der Waals surface area contributed by atoms with Crippen molar-refractivity contribution in [3.05, 3.63) is 69.2 Å². The van der Waals surface area contributed by atoms with Crippen molar-refractivity contribution < 1.29 is 14.5 Å². The highest BCUT2D eigenvalue weighted by Gasteiger charge is 2.14. The molecule has 0 spiro atoms. The molecule has 0 fully saturated rings. The highest BCUT2D eigenvalue weighted by atomic mass is 35.5. The van der Waals surface area contributed by atoms with Gasteiger partial charge < -0.3 is 10.6 Å². The Morgan fingerprint density at radius 2 is 1.78 bits per heavy atom. The monoisotopic (exact) mass is 333 g/mol. The molecule has 0 saturated carbocycles. The van der Waals surface area contributed by atoms with Gasteiger partial charge in [-0.25, -0.2) is 0 Å². The summed E-state index contributed by atoms with van der Waals surface area (Å²) in [5.74, 6) is -1.74. The summed E-state index contributed by atoms with van der Waals surface area (Å²) in [6.07, 6.45) is 0. The Labute approximate surface area is 136 Å². The highest BCUT2D eigenvalue weighted by molar-refractivity contribution is 6.39. The number of hydrogen-bond donors (Lipinski definition) is 2. The Hall–Kier alpha value is -2.93. The highest BCUT2D eigenvalue weighted by Crippen LogP contribution is 2.16. The summed E-state index contributed by atoms with van der Waals surface area (Å²) in [6, 6.07) is 12.1. The van der Waals surface area contributed by atoms with Crippen LogP contribution in [0.4, 0.5) is 11.4 Å². The van der Waals surface area contributed by atoms with Crippen molar-refractivity contribution in [1.82, 2.24) is 5.32 Å². The first-order valence-corrected chi connectivity index (χ1v) is 6.91. The number of nitro groups is 1. The van der Waals surface area contributed by atoms with Crippen LogP contribution in [0.5, 0.6) is 0 Å². The fourth-order valence-electron chi connectivity index (χ4n) is 1.75. The molecule has 2 N–H and O–H groups in total. The lowest BCUT2D eigenvalue weighted by Gasteiger charge is -2.06. The Morgan fingerprint density at radius 3 is 2.43 bits per heavy atom. The molecule has 2 rings (SSSR count). The lowest BCUT2D eigenvalue weighted by atomic mass is 10.2. The largest absolute Gasteiger partial charge is 0.344 e. The van der Waals surface area contributed by atoms with E-state index in [0.29, 0.717) is 5.02 Å². The van der Waals surface area contributed by atoms with Gasteiger partial charge in [0.25, 0.3) is 5.69 Å². The number of hydrogen-bond acceptors (Lipinski definition) is 4. The van der Waals surface area contributed by atoms with Crippen molar-refractivity contribution in [2.75, 3.05) is 5.32 Å². The van der Waals surface area contributed by atoms with Crippen molar-refractivity contribution in [2.45, 2.75) is 6.54 Å². The maximum atomic E-state index is 11.8. The van der Waals surface area contributed by atoms with Crippen molar-refractivity contribution in [3.8, 4) is 0 Å². The molecule has 0 unspecified atom stereocenters. The molecule has 2 aromatic carbocycles. The van der Waals surface area contributed by atoms with Crippen LogP contribution >= 0.6 is 11.6 Å². The number of rotatable bonds is 4. The SMILES string of the molecule is O=C(NCc1ccc(Cl)cc1)C(=O)Nc1cccc([N+](=O)[O-])c1. The Kier molecular flexibility index (Phi) is 5.27. The molecular weight excluding hydrogens is 322 g/mol. The average molecular weight is 334 g/mol. The van der Waals surface area contributed by atoms with E-state index in [1.54, 1.807) is 24.3 Å². The molecule has 0 radical (unpaired) electrons. The third-order valence-corrected chi connectivity index (χ3v) is 3.14. The number of nitrogens with one attached hydrogen (secondary N) is 2. The summed E-state index contributed by atoms with van der Waals surface area (Å²) in [6.45, 7) is 0.165. The zero-order valence-electron chi connectivity index (χ0n) is 11.8. The maximum absolute atomic E-state index is 11.8. The summed E-state index contributed by atoms with van der Waals surface area (Å²) < 4.78 is 0. The van der Waals surface area contributed by atoms with Crippen molar-refractivity contribution in [1.29, 1.82) is 0 Å². The van der Waals surface area contributed by atoms with E-state index in [0.717, 1.165) is 5.56 Å². The molecule has 0 bridgehead atoms. The lowest BCUT2D eigenvalue weighted by molar-refractivity contribution is -0.384. The minimum Gasteiger partial charge on any atom is -0.344 e. The number of anilines is 1. The molecule has 0 aromatic heterocycles. The van der Waals surface area contributed by atoms with E-state index in [1.807, 2.05) is 0 Å². The minimum absolute atomic E-state index is 0.165. The molecule has 0 atom stereocenters. The molecular formula is C15H12ClN3O4. The third-order valence-electron chi connectivity index (χ3n) is 2.89. The molecule has 118 valence electrons. The number of benzene rings is 2. The predicted octanol–water partition coefficient (Wildman–Crippen LogP) is 2.50. The summed E-state index contributed by atoms with van der Waals surface area (Å²) in [7, 11) is 0. The van der Waals surface area contributed by atoms with Crippen LogP contribution in [0, 0.1) is 10.1 Å². The first kappa shape index (κ1) is 16.4. The summed E-state index contributed by atoms with van der Waals surface area (Å²) in [5, 5.41) is 16.0. The van der Waals surface area contributed by atoms with Gasteiger partial charge in [-0.3, -0.25) is 19.7 Å². The second-order valence-corrected chi connectivity index (χ2v) is 5.01. The Morgan fingerprint density at radius 1 is 1.09 bits per heavy atom. The zero-order valence-corrected chi connectivity index (χ0v) is 12.5. The van der Waals surface area contributed by atoms with Gasteiger partial charge in [0, 0.05) is 29.4 Å². The van der Waals surface area contributed by atoms with Crippen molar-refractivity contribution >= 4 is 34.8 Å². The Bertz CT molecular complexity index is 747. The molecule has 0 aliphatic rings. The molecule has 7 nitrogen and oxygen atoms in total. The molecule has 2 amide bonds. The van der Waals surface area contributed by atoms with Crippen LogP contribution in [0.2, 0.25) is 5.02 Å². The predicted molar refractivity (Wildman–Crippen MR) is 85.0 cm³/mol. The number of non-ortho nitro benzene ring substituents is 1. The molecule has 0 aliphatic heterocycles. The van der Waals surface area contributed by atoms with Gasteiger partial charge in [0.2, 0.25) is 0 Å². The second kappa shape index (κ2) is 7.37. The van der Waals surface area contributed by atoms with Crippen LogP contribution in [0.1, 0.15) is 5.56 Å². The number of nitrogens with zero attached hydrogens (tertiary/aromatic N) is 1. The second-order valence-electron chi connectivity index (χ2n) is 4.57. The van der Waals surface area contributed by atoms with Crippen LogP contribution in [0.15, 0.2) is 48.5 Å². The average Bonchev–Trinajstić information content (AvgIpc) is 2.54. The number of nitro benzene ring substituents is 1. The summed E-state index contributed by atoms with van der Waals surface area (Å²) >= 11 is 5.75. The van der Waals surface area contributed by atoms with Gasteiger partial charge >= 0.3 is 11.8 Å². The molecule has 0 saturated heterocycles. The van der Waals surface area contributed by atoms with Gasteiger partial charge in [0.15, 0.2) is 0 Å². The zero-order chi connectivity index (χ0) is 16.8. The van der Waals surface area contributed by atoms with E-state index < -0.39 is 16.7 Å². The van der Waals surface area contributed by atoms with E-state index in [-0.39, 0.29) is 17.9 Å². The van der Waals surface area contributed by atoms with Gasteiger partial charge in [0.05, 0.1) is 4.92 Å². The van der Waals surface area contributed by atoms with Gasteiger partial charge in [-0.1, -0.05) is 29.8 Å². The quantitative estimate of drug-likeness (QED) is 0.510. The van der Waals surface area contributed by atoms with E-state index >= 15 is 0 Å². The van der Waals surface area contributed by atoms with Gasteiger partial charge in [-0.2, -0.15) is 0 Å². The summed E-state index contributed by atoms with van der Waals surface area (Å²) in [4.78, 5) is 33.6. The number of amides is 2. The normalized spacial score (nSPS) is 9.96. The van der Waals surface area contributed by atoms with Gasteiger partial charge in [-0.05, 0) is 23.8 Å². The molecule has 8 heteroatoms. The molecule has 0 heterocycles. The van der Waals surface area contributed by atoms with Crippen molar-refractivity contribution in [3.63, 3.8) is 0 Å². The maximum Gasteiger partial charge on any atom is 0.313 e.